The van der Waals surface area contributed by atoms with E-state index in [4.69, 9.17) is 0 Å². The average Bonchev–Trinajstić information content (AvgIpc) is 3.25. The molecule has 0 amide bonds. The molecule has 8 aromatic carbocycles. The van der Waals surface area contributed by atoms with Crippen LogP contribution in [0.15, 0.2) is 218 Å². The van der Waals surface area contributed by atoms with Crippen LogP contribution in [0.25, 0.3) is 35.4 Å². The van der Waals surface area contributed by atoms with Crippen LogP contribution in [-0.2, 0) is 0 Å². The summed E-state index contributed by atoms with van der Waals surface area (Å²) >= 11 is 0. The Hall–Kier alpha value is -7.16. The van der Waals surface area contributed by atoms with Crippen LogP contribution < -0.4 is 9.80 Å². The number of hydrogen-bond acceptors (Lipinski definition) is 2. The molecular weight excluding hydrogens is 653 g/mol. The van der Waals surface area contributed by atoms with Crippen molar-refractivity contribution in [2.24, 2.45) is 0 Å². The second-order valence-electron chi connectivity index (χ2n) is 13.1. The van der Waals surface area contributed by atoms with E-state index in [1.54, 1.807) is 0 Å². The summed E-state index contributed by atoms with van der Waals surface area (Å²) in [6.07, 6.45) is 8.62. The number of rotatable bonds is 11. The molecule has 0 heterocycles. The minimum atomic E-state index is 1.10. The normalized spacial score (nSPS) is 11.2. The molecule has 0 aliphatic heterocycles. The molecule has 258 valence electrons. The Morgan fingerprint density at radius 2 is 0.426 bits per heavy atom. The smallest absolute Gasteiger partial charge is 0.0462 e. The molecule has 8 rings (SSSR count). The zero-order chi connectivity index (χ0) is 36.4. The standard InChI is InChI=1S/C52H40N2/c1-5-13-41(14-6-1)21-23-43-25-33-49(34-26-43)53(47-17-9-3-10-18-47)51-37-29-45(30-38-51)46-31-39-52(40-32-46)54(48-19-11-4-12-20-48)50-35-27-44(28-36-50)24-22-42-15-7-2-8-16-42/h1-40H/b23-21+,24-22?. The maximum absolute atomic E-state index is 2.30. The number of para-hydroxylation sites is 2. The minimum absolute atomic E-state index is 1.10. The van der Waals surface area contributed by atoms with Gasteiger partial charge >= 0.3 is 0 Å². The molecule has 0 saturated carbocycles. The first-order valence-electron chi connectivity index (χ1n) is 18.3. The van der Waals surface area contributed by atoms with Crippen molar-refractivity contribution in [3.8, 4) is 11.1 Å². The summed E-state index contributed by atoms with van der Waals surface area (Å²) in [4.78, 5) is 4.61. The highest BCUT2D eigenvalue weighted by molar-refractivity contribution is 5.82. The van der Waals surface area contributed by atoms with Crippen molar-refractivity contribution in [2.45, 2.75) is 0 Å². The van der Waals surface area contributed by atoms with E-state index in [9.17, 15) is 0 Å². The van der Waals surface area contributed by atoms with Gasteiger partial charge in [0.25, 0.3) is 0 Å². The molecule has 0 N–H and O–H groups in total. The predicted molar refractivity (Wildman–Crippen MR) is 232 cm³/mol. The van der Waals surface area contributed by atoms with Gasteiger partial charge in [-0.2, -0.15) is 0 Å². The Kier molecular flexibility index (Phi) is 10.3. The van der Waals surface area contributed by atoms with E-state index >= 15 is 0 Å². The van der Waals surface area contributed by atoms with Crippen molar-refractivity contribution in [3.63, 3.8) is 0 Å². The van der Waals surface area contributed by atoms with Gasteiger partial charge in [-0.3, -0.25) is 0 Å². The molecule has 2 heteroatoms. The molecule has 0 spiro atoms. The van der Waals surface area contributed by atoms with E-state index in [1.165, 1.54) is 22.3 Å². The molecule has 0 fully saturated rings. The van der Waals surface area contributed by atoms with Crippen molar-refractivity contribution < 1.29 is 0 Å². The third kappa shape index (κ3) is 8.15. The van der Waals surface area contributed by atoms with Crippen LogP contribution >= 0.6 is 0 Å². The van der Waals surface area contributed by atoms with Crippen LogP contribution in [0.4, 0.5) is 34.1 Å². The summed E-state index contributed by atoms with van der Waals surface area (Å²) in [6, 6.07) is 77.1. The Bertz CT molecular complexity index is 2240. The van der Waals surface area contributed by atoms with Gasteiger partial charge < -0.3 is 9.80 Å². The van der Waals surface area contributed by atoms with Crippen LogP contribution in [-0.4, -0.2) is 0 Å². The third-order valence-corrected chi connectivity index (χ3v) is 9.45. The lowest BCUT2D eigenvalue weighted by Crippen LogP contribution is -2.10. The molecule has 2 nitrogen and oxygen atoms in total. The topological polar surface area (TPSA) is 6.48 Å². The predicted octanol–water partition coefficient (Wildman–Crippen LogP) is 14.6. The summed E-state index contributed by atoms with van der Waals surface area (Å²) in [5, 5.41) is 0. The summed E-state index contributed by atoms with van der Waals surface area (Å²) in [7, 11) is 0. The maximum Gasteiger partial charge on any atom is 0.0462 e. The van der Waals surface area contributed by atoms with Crippen molar-refractivity contribution in [3.05, 3.63) is 241 Å². The van der Waals surface area contributed by atoms with E-state index < -0.39 is 0 Å². The third-order valence-electron chi connectivity index (χ3n) is 9.45. The first kappa shape index (κ1) is 34.0. The molecule has 0 atom stereocenters. The highest BCUT2D eigenvalue weighted by Gasteiger charge is 2.14. The van der Waals surface area contributed by atoms with Crippen molar-refractivity contribution in [1.82, 2.24) is 0 Å². The summed E-state index contributed by atoms with van der Waals surface area (Å²) < 4.78 is 0. The van der Waals surface area contributed by atoms with Gasteiger partial charge in [0.05, 0.1) is 0 Å². The molecule has 0 bridgehead atoms. The van der Waals surface area contributed by atoms with Gasteiger partial charge in [0.1, 0.15) is 0 Å². The van der Waals surface area contributed by atoms with Crippen LogP contribution in [0, 0.1) is 0 Å². The Balaban J connectivity index is 1.03. The average molecular weight is 693 g/mol. The molecule has 0 saturated heterocycles. The van der Waals surface area contributed by atoms with Gasteiger partial charge in [-0.1, -0.05) is 170 Å². The zero-order valence-electron chi connectivity index (χ0n) is 30.0. The van der Waals surface area contributed by atoms with Gasteiger partial charge in [0, 0.05) is 34.1 Å². The lowest BCUT2D eigenvalue weighted by molar-refractivity contribution is 1.28. The Morgan fingerprint density at radius 3 is 0.722 bits per heavy atom. The largest absolute Gasteiger partial charge is 0.311 e. The molecule has 0 aliphatic rings. The lowest BCUT2D eigenvalue weighted by Gasteiger charge is -2.26. The molecule has 54 heavy (non-hydrogen) atoms. The molecule has 8 aromatic rings. The summed E-state index contributed by atoms with van der Waals surface area (Å²) in [5.74, 6) is 0. The van der Waals surface area contributed by atoms with Crippen molar-refractivity contribution in [2.75, 3.05) is 9.80 Å². The van der Waals surface area contributed by atoms with Gasteiger partial charge in [0.15, 0.2) is 0 Å². The highest BCUT2D eigenvalue weighted by atomic mass is 15.1. The van der Waals surface area contributed by atoms with E-state index in [1.807, 2.05) is 12.1 Å². The van der Waals surface area contributed by atoms with E-state index in [0.29, 0.717) is 0 Å². The second-order valence-corrected chi connectivity index (χ2v) is 13.1. The molecule has 0 radical (unpaired) electrons. The van der Waals surface area contributed by atoms with E-state index in [2.05, 4.69) is 240 Å². The van der Waals surface area contributed by atoms with Crippen LogP contribution in [0.5, 0.6) is 0 Å². The van der Waals surface area contributed by atoms with Gasteiger partial charge in [-0.05, 0) is 106 Å². The Morgan fingerprint density at radius 1 is 0.204 bits per heavy atom. The fraction of sp³-hybridized carbons (Fsp3) is 0. The molecule has 0 aliphatic carbocycles. The van der Waals surface area contributed by atoms with E-state index in [-0.39, 0.29) is 0 Å². The molecular formula is C52H40N2. The first-order chi connectivity index (χ1) is 26.8. The van der Waals surface area contributed by atoms with Crippen LogP contribution in [0.3, 0.4) is 0 Å². The minimum Gasteiger partial charge on any atom is -0.311 e. The fourth-order valence-corrected chi connectivity index (χ4v) is 6.64. The molecule has 0 aromatic heterocycles. The lowest BCUT2D eigenvalue weighted by atomic mass is 10.0. The fourth-order valence-electron chi connectivity index (χ4n) is 6.64. The number of benzene rings is 8. The quantitative estimate of drug-likeness (QED) is 0.125. The van der Waals surface area contributed by atoms with Crippen molar-refractivity contribution in [1.29, 1.82) is 0 Å². The van der Waals surface area contributed by atoms with Crippen LogP contribution in [0.1, 0.15) is 22.3 Å². The molecule has 0 unspecified atom stereocenters. The van der Waals surface area contributed by atoms with Gasteiger partial charge in [-0.25, -0.2) is 0 Å². The highest BCUT2D eigenvalue weighted by Crippen LogP contribution is 2.38. The SMILES string of the molecule is C(=Cc1ccc(N(c2ccccc2)c2ccc(-c3ccc(N(c4ccccc4)c4ccc(/C=C/c5ccccc5)cc4)cc3)cc2)cc1)c1ccccc1. The van der Waals surface area contributed by atoms with Gasteiger partial charge in [-0.15, -0.1) is 0 Å². The van der Waals surface area contributed by atoms with Gasteiger partial charge in [0.2, 0.25) is 0 Å². The Labute approximate surface area is 318 Å². The summed E-state index contributed by atoms with van der Waals surface area (Å²) in [5.41, 5.74) is 13.7. The number of nitrogens with zero attached hydrogens (tertiary/aromatic N) is 2. The number of anilines is 6. The monoisotopic (exact) mass is 692 g/mol. The second kappa shape index (κ2) is 16.5. The zero-order valence-corrected chi connectivity index (χ0v) is 30.0. The first-order valence-corrected chi connectivity index (χ1v) is 18.3. The van der Waals surface area contributed by atoms with E-state index in [0.717, 1.165) is 45.3 Å². The summed E-state index contributed by atoms with van der Waals surface area (Å²) in [6.45, 7) is 0. The van der Waals surface area contributed by atoms with Crippen molar-refractivity contribution >= 4 is 58.4 Å². The van der Waals surface area contributed by atoms with Crippen LogP contribution in [0.2, 0.25) is 0 Å². The number of hydrogen-bond donors (Lipinski definition) is 0. The maximum atomic E-state index is 2.30.